The molecule has 0 atom stereocenters. The molecule has 4 heteroatoms. The standard InChI is InChI=1S/C14H14BrNO2/c1-10-6-14(16-8-13(10)15)18-12-5-3-4-11(7-12)9-17-2/h3-8H,9H2,1-2H3. The molecule has 0 aliphatic rings. The molecule has 0 aliphatic carbocycles. The fraction of sp³-hybridized carbons (Fsp3) is 0.214. The fourth-order valence-electron chi connectivity index (χ4n) is 1.56. The van der Waals surface area contributed by atoms with Gasteiger partial charge in [-0.25, -0.2) is 4.98 Å². The predicted molar refractivity (Wildman–Crippen MR) is 73.9 cm³/mol. The van der Waals surface area contributed by atoms with Crippen LogP contribution in [0.1, 0.15) is 11.1 Å². The van der Waals surface area contributed by atoms with E-state index in [1.165, 1.54) is 0 Å². The van der Waals surface area contributed by atoms with Crippen LogP contribution in [-0.2, 0) is 11.3 Å². The zero-order valence-corrected chi connectivity index (χ0v) is 11.9. The Labute approximate surface area is 115 Å². The maximum Gasteiger partial charge on any atom is 0.219 e. The number of rotatable bonds is 4. The third kappa shape index (κ3) is 3.31. The number of aromatic nitrogens is 1. The molecule has 18 heavy (non-hydrogen) atoms. The molecule has 94 valence electrons. The van der Waals surface area contributed by atoms with Gasteiger partial charge >= 0.3 is 0 Å². The zero-order valence-electron chi connectivity index (χ0n) is 10.3. The number of pyridine rings is 1. The van der Waals surface area contributed by atoms with Crippen molar-refractivity contribution in [3.05, 3.63) is 52.1 Å². The second-order valence-corrected chi connectivity index (χ2v) is 4.81. The molecule has 3 nitrogen and oxygen atoms in total. The summed E-state index contributed by atoms with van der Waals surface area (Å²) in [5, 5.41) is 0. The Morgan fingerprint density at radius 2 is 2.11 bits per heavy atom. The molecule has 0 N–H and O–H groups in total. The maximum absolute atomic E-state index is 5.71. The van der Waals surface area contributed by atoms with Crippen LogP contribution in [0.25, 0.3) is 0 Å². The number of halogens is 1. The van der Waals surface area contributed by atoms with Crippen molar-refractivity contribution in [1.29, 1.82) is 0 Å². The minimum atomic E-state index is 0.573. The maximum atomic E-state index is 5.71. The highest BCUT2D eigenvalue weighted by Gasteiger charge is 2.02. The molecule has 0 unspecified atom stereocenters. The fourth-order valence-corrected chi connectivity index (χ4v) is 1.77. The van der Waals surface area contributed by atoms with E-state index in [4.69, 9.17) is 9.47 Å². The van der Waals surface area contributed by atoms with Gasteiger partial charge in [0, 0.05) is 23.8 Å². The summed E-state index contributed by atoms with van der Waals surface area (Å²) >= 11 is 3.41. The first kappa shape index (κ1) is 13.1. The van der Waals surface area contributed by atoms with Crippen LogP contribution in [0.3, 0.4) is 0 Å². The minimum absolute atomic E-state index is 0.573. The van der Waals surface area contributed by atoms with Gasteiger partial charge in [0.25, 0.3) is 0 Å². The van der Waals surface area contributed by atoms with Crippen LogP contribution in [0.4, 0.5) is 0 Å². The molecule has 2 rings (SSSR count). The first-order valence-corrected chi connectivity index (χ1v) is 6.36. The highest BCUT2D eigenvalue weighted by Crippen LogP contribution is 2.24. The average Bonchev–Trinajstić information content (AvgIpc) is 2.35. The van der Waals surface area contributed by atoms with Crippen molar-refractivity contribution in [1.82, 2.24) is 4.98 Å². The van der Waals surface area contributed by atoms with Gasteiger partial charge in [-0.3, -0.25) is 0 Å². The normalized spacial score (nSPS) is 10.4. The second-order valence-electron chi connectivity index (χ2n) is 3.95. The Morgan fingerprint density at radius 1 is 1.28 bits per heavy atom. The highest BCUT2D eigenvalue weighted by molar-refractivity contribution is 9.10. The Hall–Kier alpha value is -1.39. The molecule has 0 aliphatic heterocycles. The summed E-state index contributed by atoms with van der Waals surface area (Å²) in [5.74, 6) is 1.35. The SMILES string of the molecule is COCc1cccc(Oc2cc(C)c(Br)cn2)c1. The second kappa shape index (κ2) is 5.98. The summed E-state index contributed by atoms with van der Waals surface area (Å²) in [6, 6.07) is 9.68. The summed E-state index contributed by atoms with van der Waals surface area (Å²) in [4.78, 5) is 4.21. The number of hydrogen-bond donors (Lipinski definition) is 0. The van der Waals surface area contributed by atoms with Gasteiger partial charge in [-0.15, -0.1) is 0 Å². The molecule has 0 spiro atoms. The van der Waals surface area contributed by atoms with E-state index in [2.05, 4.69) is 20.9 Å². The van der Waals surface area contributed by atoms with Crippen molar-refractivity contribution < 1.29 is 9.47 Å². The molecular weight excluding hydrogens is 294 g/mol. The lowest BCUT2D eigenvalue weighted by Crippen LogP contribution is -1.91. The summed E-state index contributed by atoms with van der Waals surface area (Å²) in [5.41, 5.74) is 2.16. The number of methoxy groups -OCH3 is 1. The summed E-state index contributed by atoms with van der Waals surface area (Å²) in [6.07, 6.45) is 1.74. The van der Waals surface area contributed by atoms with E-state index >= 15 is 0 Å². The van der Waals surface area contributed by atoms with Crippen LogP contribution in [0.15, 0.2) is 41.0 Å². The number of nitrogens with zero attached hydrogens (tertiary/aromatic N) is 1. The summed E-state index contributed by atoms with van der Waals surface area (Å²) < 4.78 is 11.8. The quantitative estimate of drug-likeness (QED) is 0.852. The van der Waals surface area contributed by atoms with E-state index in [9.17, 15) is 0 Å². The van der Waals surface area contributed by atoms with Gasteiger partial charge in [0.15, 0.2) is 0 Å². The van der Waals surface area contributed by atoms with E-state index in [-0.39, 0.29) is 0 Å². The zero-order chi connectivity index (χ0) is 13.0. The lowest BCUT2D eigenvalue weighted by molar-refractivity contribution is 0.184. The third-order valence-electron chi connectivity index (χ3n) is 2.45. The molecule has 0 bridgehead atoms. The van der Waals surface area contributed by atoms with Crippen molar-refractivity contribution >= 4 is 15.9 Å². The molecule has 1 heterocycles. The van der Waals surface area contributed by atoms with Crippen LogP contribution < -0.4 is 4.74 Å². The van der Waals surface area contributed by atoms with Gasteiger partial charge in [-0.2, -0.15) is 0 Å². The number of aryl methyl sites for hydroxylation is 1. The average molecular weight is 308 g/mol. The van der Waals surface area contributed by atoms with Crippen molar-refractivity contribution in [2.45, 2.75) is 13.5 Å². The predicted octanol–water partition coefficient (Wildman–Crippen LogP) is 4.09. The van der Waals surface area contributed by atoms with Gasteiger partial charge in [0.2, 0.25) is 5.88 Å². The summed E-state index contributed by atoms with van der Waals surface area (Å²) in [7, 11) is 1.67. The number of hydrogen-bond acceptors (Lipinski definition) is 3. The van der Waals surface area contributed by atoms with Crippen LogP contribution in [-0.4, -0.2) is 12.1 Å². The van der Waals surface area contributed by atoms with Gasteiger partial charge < -0.3 is 9.47 Å². The third-order valence-corrected chi connectivity index (χ3v) is 3.28. The summed E-state index contributed by atoms with van der Waals surface area (Å²) in [6.45, 7) is 2.57. The first-order chi connectivity index (χ1) is 8.69. The van der Waals surface area contributed by atoms with Gasteiger partial charge in [-0.05, 0) is 46.1 Å². The number of benzene rings is 1. The van der Waals surface area contributed by atoms with Crippen molar-refractivity contribution in [3.8, 4) is 11.6 Å². The van der Waals surface area contributed by atoms with E-state index in [1.54, 1.807) is 13.3 Å². The van der Waals surface area contributed by atoms with Crippen molar-refractivity contribution in [3.63, 3.8) is 0 Å². The molecule has 0 radical (unpaired) electrons. The molecule has 0 amide bonds. The van der Waals surface area contributed by atoms with Crippen molar-refractivity contribution in [2.24, 2.45) is 0 Å². The van der Waals surface area contributed by atoms with E-state index in [1.807, 2.05) is 37.3 Å². The Morgan fingerprint density at radius 3 is 2.83 bits per heavy atom. The monoisotopic (exact) mass is 307 g/mol. The van der Waals surface area contributed by atoms with Crippen LogP contribution >= 0.6 is 15.9 Å². The molecule has 2 aromatic rings. The Kier molecular flexibility index (Phi) is 4.33. The van der Waals surface area contributed by atoms with Crippen LogP contribution in [0.2, 0.25) is 0 Å². The van der Waals surface area contributed by atoms with E-state index < -0.39 is 0 Å². The van der Waals surface area contributed by atoms with Gasteiger partial charge in [-0.1, -0.05) is 12.1 Å². The van der Waals surface area contributed by atoms with E-state index in [0.29, 0.717) is 12.5 Å². The van der Waals surface area contributed by atoms with Crippen molar-refractivity contribution in [2.75, 3.05) is 7.11 Å². The molecule has 0 fully saturated rings. The van der Waals surface area contributed by atoms with Crippen LogP contribution in [0.5, 0.6) is 11.6 Å². The number of ether oxygens (including phenoxy) is 2. The molecule has 1 aromatic heterocycles. The van der Waals surface area contributed by atoms with Gasteiger partial charge in [0.05, 0.1) is 6.61 Å². The largest absolute Gasteiger partial charge is 0.439 e. The van der Waals surface area contributed by atoms with Gasteiger partial charge in [0.1, 0.15) is 5.75 Å². The van der Waals surface area contributed by atoms with E-state index in [0.717, 1.165) is 21.3 Å². The lowest BCUT2D eigenvalue weighted by Gasteiger charge is -2.07. The smallest absolute Gasteiger partial charge is 0.219 e. The lowest BCUT2D eigenvalue weighted by atomic mass is 10.2. The molecule has 1 aromatic carbocycles. The molecular formula is C14H14BrNO2. The van der Waals surface area contributed by atoms with Crippen LogP contribution in [0, 0.1) is 6.92 Å². The Balaban J connectivity index is 2.17. The Bertz CT molecular complexity index is 543. The topological polar surface area (TPSA) is 31.4 Å². The minimum Gasteiger partial charge on any atom is -0.439 e. The molecule has 0 saturated carbocycles. The molecule has 0 saturated heterocycles. The first-order valence-electron chi connectivity index (χ1n) is 5.57. The highest BCUT2D eigenvalue weighted by atomic mass is 79.9.